The molecule has 0 bridgehead atoms. The number of pyridine rings is 1. The summed E-state index contributed by atoms with van der Waals surface area (Å²) in [6, 6.07) is 20.9. The van der Waals surface area contributed by atoms with E-state index in [2.05, 4.69) is 18.1 Å². The van der Waals surface area contributed by atoms with Crippen LogP contribution in [0.15, 0.2) is 91.7 Å². The van der Waals surface area contributed by atoms with Gasteiger partial charge in [-0.1, -0.05) is 31.4 Å². The van der Waals surface area contributed by atoms with Gasteiger partial charge in [0.25, 0.3) is 5.91 Å². The summed E-state index contributed by atoms with van der Waals surface area (Å²) in [5, 5.41) is 0. The SMILES string of the molecule is C=CC(=C)N1CCC(c2ccc(C(N)=O)c(-c3ccc(Oc4ccccc4)cc3)n2)CC1. The van der Waals surface area contributed by atoms with E-state index in [0.717, 1.165) is 48.6 Å². The lowest BCUT2D eigenvalue weighted by Gasteiger charge is -2.33. The fourth-order valence-corrected chi connectivity index (χ4v) is 4.02. The number of amides is 1. The second kappa shape index (κ2) is 9.52. The zero-order valence-corrected chi connectivity index (χ0v) is 18.0. The number of nitrogens with two attached hydrogens (primary N) is 1. The lowest BCUT2D eigenvalue weighted by atomic mass is 9.91. The number of carbonyl (C=O) groups is 1. The fraction of sp³-hybridized carbons (Fsp3) is 0.185. The highest BCUT2D eigenvalue weighted by Gasteiger charge is 2.23. The summed E-state index contributed by atoms with van der Waals surface area (Å²) in [4.78, 5) is 19.2. The Balaban J connectivity index is 1.57. The molecule has 1 aliphatic rings. The number of rotatable bonds is 7. The molecular weight excluding hydrogens is 398 g/mol. The van der Waals surface area contributed by atoms with Gasteiger partial charge in [0, 0.05) is 36.0 Å². The van der Waals surface area contributed by atoms with Gasteiger partial charge in [0.15, 0.2) is 0 Å². The first kappa shape index (κ1) is 21.4. The first-order valence-corrected chi connectivity index (χ1v) is 10.8. The van der Waals surface area contributed by atoms with Crippen molar-refractivity contribution in [1.82, 2.24) is 9.88 Å². The molecule has 0 spiro atoms. The van der Waals surface area contributed by atoms with Crippen molar-refractivity contribution in [3.63, 3.8) is 0 Å². The third-order valence-corrected chi connectivity index (χ3v) is 5.84. The van der Waals surface area contributed by atoms with Crippen molar-refractivity contribution in [3.8, 4) is 22.8 Å². The second-order valence-electron chi connectivity index (χ2n) is 7.89. The number of aromatic nitrogens is 1. The van der Waals surface area contributed by atoms with Gasteiger partial charge in [0.2, 0.25) is 0 Å². The minimum atomic E-state index is -0.485. The first-order valence-electron chi connectivity index (χ1n) is 10.8. The van der Waals surface area contributed by atoms with Crippen LogP contribution in [-0.2, 0) is 0 Å². The molecule has 0 aliphatic carbocycles. The molecule has 2 heterocycles. The summed E-state index contributed by atoms with van der Waals surface area (Å²) in [5.41, 5.74) is 9.45. The Hall–Kier alpha value is -3.86. The van der Waals surface area contributed by atoms with Crippen LogP contribution in [0.5, 0.6) is 11.5 Å². The normalized spacial score (nSPS) is 14.1. The molecular formula is C27H27N3O2. The van der Waals surface area contributed by atoms with Gasteiger partial charge < -0.3 is 15.4 Å². The monoisotopic (exact) mass is 425 g/mol. The number of piperidine rings is 1. The average molecular weight is 426 g/mol. The van der Waals surface area contributed by atoms with Crippen LogP contribution in [0.1, 0.15) is 34.8 Å². The molecule has 2 N–H and O–H groups in total. The van der Waals surface area contributed by atoms with Gasteiger partial charge in [-0.25, -0.2) is 0 Å². The van der Waals surface area contributed by atoms with Crippen molar-refractivity contribution in [2.75, 3.05) is 13.1 Å². The van der Waals surface area contributed by atoms with Crippen LogP contribution in [0.2, 0.25) is 0 Å². The quantitative estimate of drug-likeness (QED) is 0.506. The first-order chi connectivity index (χ1) is 15.5. The minimum Gasteiger partial charge on any atom is -0.457 e. The predicted molar refractivity (Wildman–Crippen MR) is 128 cm³/mol. The number of nitrogens with zero attached hydrogens (tertiary/aromatic N) is 2. The number of para-hydroxylation sites is 1. The third kappa shape index (κ3) is 4.72. The Morgan fingerprint density at radius 2 is 1.66 bits per heavy atom. The van der Waals surface area contributed by atoms with Gasteiger partial charge in [0.05, 0.1) is 11.3 Å². The zero-order valence-electron chi connectivity index (χ0n) is 18.0. The standard InChI is InChI=1S/C27H27N3O2/c1-3-19(2)30-17-15-20(16-18-30)25-14-13-24(27(28)31)26(29-25)21-9-11-23(12-10-21)32-22-7-5-4-6-8-22/h3-14,20H,1-2,15-18H2,(H2,28,31). The topological polar surface area (TPSA) is 68.5 Å². The van der Waals surface area contributed by atoms with Crippen molar-refractivity contribution in [3.05, 3.63) is 103 Å². The second-order valence-corrected chi connectivity index (χ2v) is 7.89. The molecule has 0 atom stereocenters. The van der Waals surface area contributed by atoms with Crippen LogP contribution in [0.25, 0.3) is 11.3 Å². The van der Waals surface area contributed by atoms with Crippen LogP contribution >= 0.6 is 0 Å². The number of hydrogen-bond donors (Lipinski definition) is 1. The van der Waals surface area contributed by atoms with E-state index in [1.807, 2.05) is 60.7 Å². The summed E-state index contributed by atoms with van der Waals surface area (Å²) >= 11 is 0. The van der Waals surface area contributed by atoms with E-state index in [1.54, 1.807) is 12.1 Å². The van der Waals surface area contributed by atoms with E-state index in [0.29, 0.717) is 22.9 Å². The third-order valence-electron chi connectivity index (χ3n) is 5.84. The van der Waals surface area contributed by atoms with Gasteiger partial charge in [0.1, 0.15) is 11.5 Å². The van der Waals surface area contributed by atoms with Crippen LogP contribution in [0.3, 0.4) is 0 Å². The molecule has 5 heteroatoms. The van der Waals surface area contributed by atoms with E-state index in [-0.39, 0.29) is 0 Å². The maximum absolute atomic E-state index is 12.1. The fourth-order valence-electron chi connectivity index (χ4n) is 4.02. The van der Waals surface area contributed by atoms with E-state index in [9.17, 15) is 4.79 Å². The largest absolute Gasteiger partial charge is 0.457 e. The molecule has 32 heavy (non-hydrogen) atoms. The Morgan fingerprint density at radius 1 is 1.00 bits per heavy atom. The van der Waals surface area contributed by atoms with E-state index in [1.165, 1.54) is 0 Å². The molecule has 1 fully saturated rings. The van der Waals surface area contributed by atoms with Gasteiger partial charge in [-0.15, -0.1) is 0 Å². The summed E-state index contributed by atoms with van der Waals surface area (Å²) in [5.74, 6) is 1.32. The number of hydrogen-bond acceptors (Lipinski definition) is 4. The highest BCUT2D eigenvalue weighted by Crippen LogP contribution is 2.32. The maximum Gasteiger partial charge on any atom is 0.250 e. The molecule has 162 valence electrons. The number of allylic oxidation sites excluding steroid dienone is 1. The Labute approximate surface area is 188 Å². The Bertz CT molecular complexity index is 1120. The summed E-state index contributed by atoms with van der Waals surface area (Å²) in [6.45, 7) is 9.68. The number of ether oxygens (including phenoxy) is 1. The molecule has 3 aromatic rings. The van der Waals surface area contributed by atoms with Crippen LogP contribution < -0.4 is 10.5 Å². The number of benzene rings is 2. The maximum atomic E-state index is 12.1. The van der Waals surface area contributed by atoms with Crippen LogP contribution in [0.4, 0.5) is 0 Å². The Morgan fingerprint density at radius 3 is 2.28 bits per heavy atom. The lowest BCUT2D eigenvalue weighted by molar-refractivity contribution is 0.100. The molecule has 2 aromatic carbocycles. The van der Waals surface area contributed by atoms with Gasteiger partial charge in [-0.2, -0.15) is 0 Å². The molecule has 5 nitrogen and oxygen atoms in total. The van der Waals surface area contributed by atoms with Crippen molar-refractivity contribution in [2.24, 2.45) is 5.73 Å². The number of likely N-dealkylation sites (tertiary alicyclic amines) is 1. The van der Waals surface area contributed by atoms with E-state index < -0.39 is 5.91 Å². The van der Waals surface area contributed by atoms with E-state index in [4.69, 9.17) is 15.5 Å². The molecule has 0 radical (unpaired) electrons. The highest BCUT2D eigenvalue weighted by atomic mass is 16.5. The predicted octanol–water partition coefficient (Wildman–Crippen LogP) is 5.52. The van der Waals surface area contributed by atoms with Gasteiger partial charge >= 0.3 is 0 Å². The number of carbonyl (C=O) groups excluding carboxylic acids is 1. The lowest BCUT2D eigenvalue weighted by Crippen LogP contribution is -2.31. The molecule has 1 amide bonds. The number of primary amides is 1. The molecule has 1 aliphatic heterocycles. The van der Waals surface area contributed by atoms with Crippen molar-refractivity contribution in [1.29, 1.82) is 0 Å². The van der Waals surface area contributed by atoms with E-state index >= 15 is 0 Å². The average Bonchev–Trinajstić information content (AvgIpc) is 2.84. The molecule has 1 saturated heterocycles. The summed E-state index contributed by atoms with van der Waals surface area (Å²) in [6.07, 6.45) is 3.74. The molecule has 4 rings (SSSR count). The Kier molecular flexibility index (Phi) is 6.36. The van der Waals surface area contributed by atoms with Crippen LogP contribution in [0, 0.1) is 0 Å². The molecule has 0 unspecified atom stereocenters. The van der Waals surface area contributed by atoms with Crippen molar-refractivity contribution in [2.45, 2.75) is 18.8 Å². The smallest absolute Gasteiger partial charge is 0.250 e. The summed E-state index contributed by atoms with van der Waals surface area (Å²) < 4.78 is 5.87. The molecule has 1 aromatic heterocycles. The minimum absolute atomic E-state index is 0.324. The van der Waals surface area contributed by atoms with Crippen molar-refractivity contribution >= 4 is 5.91 Å². The highest BCUT2D eigenvalue weighted by molar-refractivity contribution is 5.98. The molecule has 0 saturated carbocycles. The summed E-state index contributed by atoms with van der Waals surface area (Å²) in [7, 11) is 0. The van der Waals surface area contributed by atoms with Gasteiger partial charge in [-0.05, 0) is 67.4 Å². The van der Waals surface area contributed by atoms with Crippen molar-refractivity contribution < 1.29 is 9.53 Å². The van der Waals surface area contributed by atoms with Gasteiger partial charge in [-0.3, -0.25) is 9.78 Å². The zero-order chi connectivity index (χ0) is 22.5. The van der Waals surface area contributed by atoms with Crippen LogP contribution in [-0.4, -0.2) is 28.9 Å².